The van der Waals surface area contributed by atoms with E-state index in [0.717, 1.165) is 56.9 Å². The molecule has 0 aliphatic heterocycles. The smallest absolute Gasteiger partial charge is 0.309 e. The molecule has 0 radical (unpaired) electrons. The molecule has 5 aliphatic rings. The van der Waals surface area contributed by atoms with Crippen molar-refractivity contribution in [3.8, 4) is 0 Å². The molecule has 1 amide bonds. The lowest BCUT2D eigenvalue weighted by atomic mass is 9.33. The fourth-order valence-corrected chi connectivity index (χ4v) is 12.6. The molecule has 5 aliphatic carbocycles. The van der Waals surface area contributed by atoms with E-state index in [2.05, 4.69) is 58.8 Å². The van der Waals surface area contributed by atoms with Crippen molar-refractivity contribution in [2.45, 2.75) is 145 Å². The molecule has 1 aromatic rings. The van der Waals surface area contributed by atoms with E-state index >= 15 is 0 Å². The number of hydrogen-bond acceptors (Lipinski definition) is 6. The minimum Gasteiger partial charge on any atom is -0.481 e. The lowest BCUT2D eigenvalue weighted by molar-refractivity contribution is -0.232. The van der Waals surface area contributed by atoms with Crippen LogP contribution in [0.5, 0.6) is 0 Å². The average Bonchev–Trinajstić information content (AvgIpc) is 3.30. The lowest BCUT2D eigenvalue weighted by Gasteiger charge is -2.72. The zero-order valence-electron chi connectivity index (χ0n) is 32.1. The number of fused-ring (bicyclic) bond motifs is 7. The molecule has 4 fully saturated rings. The van der Waals surface area contributed by atoms with Crippen LogP contribution in [-0.2, 0) is 19.1 Å². The van der Waals surface area contributed by atoms with Gasteiger partial charge in [-0.3, -0.25) is 24.2 Å². The van der Waals surface area contributed by atoms with Gasteiger partial charge in [-0.2, -0.15) is 0 Å². The first-order valence-electron chi connectivity index (χ1n) is 19.1. The van der Waals surface area contributed by atoms with Crippen molar-refractivity contribution >= 4 is 23.6 Å². The SMILES string of the molecule is Cc1ncccc1C(=O)N[C@@]12CC[C@]3(C)[C@H](CCC4C5(C)CC[C@H](OC(=O)CC(C)(C)C(=O)O)C(C)(C)C5CC[C@]43C)C1=C(C(C)C)C(=O)C2. The monoisotopic (exact) mass is 688 g/mol. The van der Waals surface area contributed by atoms with Crippen molar-refractivity contribution in [1.82, 2.24) is 10.3 Å². The fraction of sp³-hybridized carbons (Fsp3) is 0.738. The number of hydrogen-bond donors (Lipinski definition) is 2. The summed E-state index contributed by atoms with van der Waals surface area (Å²) < 4.78 is 6.15. The molecule has 1 aromatic heterocycles. The van der Waals surface area contributed by atoms with Crippen LogP contribution in [0, 0.1) is 57.7 Å². The Morgan fingerprint density at radius 2 is 1.68 bits per heavy atom. The minimum absolute atomic E-state index is 0.0309. The normalized spacial score (nSPS) is 37.7. The zero-order valence-corrected chi connectivity index (χ0v) is 32.1. The molecule has 8 atom stereocenters. The van der Waals surface area contributed by atoms with Crippen LogP contribution in [0.3, 0.4) is 0 Å². The molecular formula is C42H60N2O6. The predicted octanol–water partition coefficient (Wildman–Crippen LogP) is 8.27. The zero-order chi connectivity index (χ0) is 36.8. The number of aliphatic carboxylic acids is 1. The Balaban J connectivity index is 1.31. The van der Waals surface area contributed by atoms with Gasteiger partial charge in [-0.05, 0) is 135 Å². The number of rotatable bonds is 7. The van der Waals surface area contributed by atoms with Gasteiger partial charge in [-0.15, -0.1) is 0 Å². The Kier molecular flexibility index (Phi) is 8.83. The van der Waals surface area contributed by atoms with Crippen LogP contribution in [0.4, 0.5) is 0 Å². The quantitative estimate of drug-likeness (QED) is 0.277. The molecule has 0 spiro atoms. The van der Waals surface area contributed by atoms with Crippen molar-refractivity contribution in [2.24, 2.45) is 50.7 Å². The standard InChI is InChI=1S/C42H60N2O6/c1-24(2)33-28(45)22-42(44-35(47)26-12-11-21-43-25(26)3)20-19-40(9)27(34(33)42)13-14-30-39(8)17-16-31(50-32(46)23-37(4,5)36(48)49)38(6,7)29(39)15-18-41(30,40)10/h11-12,21,24,27,29-31H,13-20,22-23H2,1-10H3,(H,44,47)(H,48,49)/t27-,29?,30?,31+,39?,40-,41-,42-/m1/s1. The molecule has 0 bridgehead atoms. The van der Waals surface area contributed by atoms with Crippen LogP contribution in [-0.4, -0.2) is 45.4 Å². The average molecular weight is 689 g/mol. The number of nitrogens with one attached hydrogen (secondary N) is 1. The molecule has 0 aromatic carbocycles. The van der Waals surface area contributed by atoms with Gasteiger partial charge in [0, 0.05) is 23.7 Å². The first-order chi connectivity index (χ1) is 23.1. The third-order valence-corrected chi connectivity index (χ3v) is 15.4. The Morgan fingerprint density at radius 3 is 2.32 bits per heavy atom. The molecule has 8 nitrogen and oxygen atoms in total. The number of ketones is 1. The van der Waals surface area contributed by atoms with Crippen molar-refractivity contribution in [2.75, 3.05) is 0 Å². The number of Topliss-reactive ketones (excluding diaryl/α,β-unsaturated/α-hetero) is 1. The number of amides is 1. The predicted molar refractivity (Wildman–Crippen MR) is 192 cm³/mol. The van der Waals surface area contributed by atoms with Crippen LogP contribution in [0.1, 0.15) is 143 Å². The summed E-state index contributed by atoms with van der Waals surface area (Å²) >= 11 is 0. The van der Waals surface area contributed by atoms with Gasteiger partial charge in [0.15, 0.2) is 5.78 Å². The molecule has 6 rings (SSSR count). The fourth-order valence-electron chi connectivity index (χ4n) is 12.6. The van der Waals surface area contributed by atoms with E-state index in [4.69, 9.17) is 4.74 Å². The molecule has 50 heavy (non-hydrogen) atoms. The first-order valence-corrected chi connectivity index (χ1v) is 19.1. The van der Waals surface area contributed by atoms with Crippen molar-refractivity contribution < 1.29 is 29.0 Å². The number of nitrogens with zero attached hydrogens (tertiary/aromatic N) is 1. The van der Waals surface area contributed by atoms with E-state index in [0.29, 0.717) is 29.5 Å². The maximum Gasteiger partial charge on any atom is 0.309 e. The number of carboxylic acids is 1. The topological polar surface area (TPSA) is 123 Å². The van der Waals surface area contributed by atoms with E-state index in [1.807, 2.05) is 13.0 Å². The number of pyridine rings is 1. The second-order valence-electron chi connectivity index (χ2n) is 19.1. The maximum atomic E-state index is 14.0. The first kappa shape index (κ1) is 36.8. The van der Waals surface area contributed by atoms with Crippen LogP contribution in [0.25, 0.3) is 0 Å². The summed E-state index contributed by atoms with van der Waals surface area (Å²) in [6.07, 6.45) is 9.23. The van der Waals surface area contributed by atoms with Gasteiger partial charge in [-0.1, -0.05) is 48.5 Å². The number of carbonyl (C=O) groups is 4. The number of aryl methyl sites for hydroxylation is 1. The molecule has 3 unspecified atom stereocenters. The molecule has 0 saturated heterocycles. The third-order valence-electron chi connectivity index (χ3n) is 15.4. The number of aromatic nitrogens is 1. The highest BCUT2D eigenvalue weighted by molar-refractivity contribution is 6.03. The van der Waals surface area contributed by atoms with Crippen LogP contribution >= 0.6 is 0 Å². The highest BCUT2D eigenvalue weighted by Gasteiger charge is 2.70. The highest BCUT2D eigenvalue weighted by Crippen LogP contribution is 2.76. The molecule has 2 N–H and O–H groups in total. The van der Waals surface area contributed by atoms with Gasteiger partial charge in [0.25, 0.3) is 5.91 Å². The number of carboxylic acid groups (broad SMARTS) is 1. The van der Waals surface area contributed by atoms with Gasteiger partial charge in [-0.25, -0.2) is 0 Å². The minimum atomic E-state index is -1.17. The molecule has 4 saturated carbocycles. The second kappa shape index (κ2) is 12.0. The van der Waals surface area contributed by atoms with E-state index in [1.165, 1.54) is 5.57 Å². The molecule has 8 heteroatoms. The third kappa shape index (κ3) is 5.31. The molecule has 274 valence electrons. The summed E-state index contributed by atoms with van der Waals surface area (Å²) in [6, 6.07) is 3.62. The summed E-state index contributed by atoms with van der Waals surface area (Å²) in [5.41, 5.74) is 1.37. The van der Waals surface area contributed by atoms with Gasteiger partial charge in [0.2, 0.25) is 0 Å². The molecule has 1 heterocycles. The van der Waals surface area contributed by atoms with E-state index in [9.17, 15) is 24.3 Å². The van der Waals surface area contributed by atoms with Gasteiger partial charge in [0.1, 0.15) is 6.10 Å². The number of esters is 1. The summed E-state index contributed by atoms with van der Waals surface area (Å²) in [4.78, 5) is 57.0. The van der Waals surface area contributed by atoms with Gasteiger partial charge in [0.05, 0.1) is 22.9 Å². The number of carbonyl (C=O) groups excluding carboxylic acids is 3. The summed E-state index contributed by atoms with van der Waals surface area (Å²) in [5.74, 6) is -0.264. The summed E-state index contributed by atoms with van der Waals surface area (Å²) in [5, 5.41) is 13.1. The molecular weight excluding hydrogens is 628 g/mol. The maximum absolute atomic E-state index is 14.0. The van der Waals surface area contributed by atoms with Crippen molar-refractivity contribution in [1.29, 1.82) is 0 Å². The Morgan fingerprint density at radius 1 is 0.980 bits per heavy atom. The lowest BCUT2D eigenvalue weighted by Crippen LogP contribution is -2.67. The van der Waals surface area contributed by atoms with Crippen LogP contribution < -0.4 is 5.32 Å². The Bertz CT molecular complexity index is 1640. The van der Waals surface area contributed by atoms with E-state index in [1.54, 1.807) is 26.1 Å². The Labute approximate surface area is 299 Å². The van der Waals surface area contributed by atoms with E-state index in [-0.39, 0.29) is 57.7 Å². The van der Waals surface area contributed by atoms with Gasteiger partial charge >= 0.3 is 11.9 Å². The second-order valence-corrected chi connectivity index (χ2v) is 19.1. The summed E-state index contributed by atoms with van der Waals surface area (Å²) in [7, 11) is 0. The Hall–Kier alpha value is -3.03. The summed E-state index contributed by atoms with van der Waals surface area (Å²) in [6.45, 7) is 21.3. The largest absolute Gasteiger partial charge is 0.481 e. The van der Waals surface area contributed by atoms with Gasteiger partial charge < -0.3 is 15.2 Å². The highest BCUT2D eigenvalue weighted by atomic mass is 16.5. The van der Waals surface area contributed by atoms with Crippen LogP contribution in [0.2, 0.25) is 0 Å². The van der Waals surface area contributed by atoms with Crippen LogP contribution in [0.15, 0.2) is 29.5 Å². The number of ether oxygens (including phenoxy) is 1. The van der Waals surface area contributed by atoms with Crippen molar-refractivity contribution in [3.05, 3.63) is 40.7 Å². The number of allylic oxidation sites excluding steroid dienone is 1. The van der Waals surface area contributed by atoms with E-state index < -0.39 is 22.9 Å². The van der Waals surface area contributed by atoms with Crippen molar-refractivity contribution in [3.63, 3.8) is 0 Å².